The van der Waals surface area contributed by atoms with Crippen molar-refractivity contribution >= 4 is 28.7 Å². The number of fused-ring (bicyclic) bond motifs is 1. The summed E-state index contributed by atoms with van der Waals surface area (Å²) in [6.07, 6.45) is 3.43. The van der Waals surface area contributed by atoms with Crippen molar-refractivity contribution in [2.75, 3.05) is 25.4 Å². The summed E-state index contributed by atoms with van der Waals surface area (Å²) in [5.74, 6) is 1.89. The quantitative estimate of drug-likeness (QED) is 0.403. The van der Waals surface area contributed by atoms with E-state index in [1.165, 1.54) is 12.0 Å². The Bertz CT molecular complexity index is 1020. The standard InChI is InChI=1S/C24H29N3O2S/c1-18-10-11-19(2)22(16-18)29-14-15-30-24-25-20-8-4-5-9-21(20)27(24)17-23(28)26-12-6-3-7-13-26/h4-5,8-11,16H,3,6-7,12-15,17H2,1-2H3. The molecule has 1 aliphatic rings. The summed E-state index contributed by atoms with van der Waals surface area (Å²) < 4.78 is 8.06. The number of nitrogens with zero attached hydrogens (tertiary/aromatic N) is 3. The molecular weight excluding hydrogens is 394 g/mol. The first-order chi connectivity index (χ1) is 14.6. The first kappa shape index (κ1) is 20.8. The number of hydrogen-bond donors (Lipinski definition) is 0. The monoisotopic (exact) mass is 423 g/mol. The Balaban J connectivity index is 1.44. The van der Waals surface area contributed by atoms with Crippen molar-refractivity contribution in [3.8, 4) is 5.75 Å². The second kappa shape index (κ2) is 9.56. The summed E-state index contributed by atoms with van der Waals surface area (Å²) in [4.78, 5) is 19.7. The van der Waals surface area contributed by atoms with Crippen LogP contribution in [0.25, 0.3) is 11.0 Å². The molecular formula is C24H29N3O2S. The molecule has 1 aliphatic heterocycles. The van der Waals surface area contributed by atoms with E-state index in [9.17, 15) is 4.79 Å². The summed E-state index contributed by atoms with van der Waals surface area (Å²) in [5, 5.41) is 0.881. The van der Waals surface area contributed by atoms with Gasteiger partial charge in [-0.3, -0.25) is 4.79 Å². The van der Waals surface area contributed by atoms with E-state index < -0.39 is 0 Å². The molecule has 1 saturated heterocycles. The van der Waals surface area contributed by atoms with Gasteiger partial charge in [-0.25, -0.2) is 4.98 Å². The third-order valence-electron chi connectivity index (χ3n) is 5.54. The molecule has 0 N–H and O–H groups in total. The molecule has 158 valence electrons. The van der Waals surface area contributed by atoms with E-state index in [1.807, 2.05) is 29.2 Å². The molecule has 0 unspecified atom stereocenters. The van der Waals surface area contributed by atoms with Crippen LogP contribution < -0.4 is 4.74 Å². The average molecular weight is 424 g/mol. The molecule has 1 amide bonds. The molecule has 0 bridgehead atoms. The van der Waals surface area contributed by atoms with Gasteiger partial charge < -0.3 is 14.2 Å². The number of aromatic nitrogens is 2. The van der Waals surface area contributed by atoms with Gasteiger partial charge in [-0.1, -0.05) is 36.0 Å². The zero-order valence-corrected chi connectivity index (χ0v) is 18.6. The number of amides is 1. The van der Waals surface area contributed by atoms with Crippen LogP contribution in [0.1, 0.15) is 30.4 Å². The Kier molecular flexibility index (Phi) is 6.62. The molecule has 2 heterocycles. The van der Waals surface area contributed by atoms with Crippen LogP contribution in [0.4, 0.5) is 0 Å². The lowest BCUT2D eigenvalue weighted by atomic mass is 10.1. The molecule has 0 saturated carbocycles. The highest BCUT2D eigenvalue weighted by Gasteiger charge is 2.20. The van der Waals surface area contributed by atoms with E-state index in [-0.39, 0.29) is 5.91 Å². The van der Waals surface area contributed by atoms with Gasteiger partial charge in [0.2, 0.25) is 5.91 Å². The normalized spacial score (nSPS) is 14.3. The smallest absolute Gasteiger partial charge is 0.242 e. The van der Waals surface area contributed by atoms with E-state index in [2.05, 4.69) is 36.6 Å². The lowest BCUT2D eigenvalue weighted by Gasteiger charge is -2.27. The molecule has 2 aromatic carbocycles. The maximum atomic E-state index is 12.9. The number of carbonyl (C=O) groups excluding carboxylic acids is 1. The summed E-state index contributed by atoms with van der Waals surface area (Å²) in [7, 11) is 0. The Hall–Kier alpha value is -2.47. The van der Waals surface area contributed by atoms with Gasteiger partial charge in [-0.15, -0.1) is 0 Å². The highest BCUT2D eigenvalue weighted by atomic mass is 32.2. The molecule has 4 rings (SSSR count). The molecule has 30 heavy (non-hydrogen) atoms. The Labute approximate surface area is 182 Å². The van der Waals surface area contributed by atoms with Crippen LogP contribution in [0, 0.1) is 13.8 Å². The van der Waals surface area contributed by atoms with Crippen LogP contribution in [0.2, 0.25) is 0 Å². The van der Waals surface area contributed by atoms with Crippen LogP contribution in [-0.2, 0) is 11.3 Å². The summed E-state index contributed by atoms with van der Waals surface area (Å²) in [6, 6.07) is 14.3. The van der Waals surface area contributed by atoms with Crippen molar-refractivity contribution in [1.82, 2.24) is 14.5 Å². The number of ether oxygens (including phenoxy) is 1. The number of piperidine rings is 1. The minimum Gasteiger partial charge on any atom is -0.492 e. The van der Waals surface area contributed by atoms with Crippen LogP contribution >= 0.6 is 11.8 Å². The number of hydrogen-bond acceptors (Lipinski definition) is 4. The Morgan fingerprint density at radius 2 is 1.90 bits per heavy atom. The summed E-state index contributed by atoms with van der Waals surface area (Å²) >= 11 is 1.65. The Morgan fingerprint density at radius 1 is 1.10 bits per heavy atom. The number of benzene rings is 2. The number of imidazole rings is 1. The van der Waals surface area contributed by atoms with E-state index >= 15 is 0 Å². The summed E-state index contributed by atoms with van der Waals surface area (Å²) in [5.41, 5.74) is 4.29. The molecule has 0 atom stereocenters. The van der Waals surface area contributed by atoms with Crippen LogP contribution in [-0.4, -0.2) is 45.8 Å². The van der Waals surface area contributed by atoms with Gasteiger partial charge >= 0.3 is 0 Å². The molecule has 0 aliphatic carbocycles. The molecule has 1 fully saturated rings. The van der Waals surface area contributed by atoms with Gasteiger partial charge in [0.25, 0.3) is 0 Å². The number of aryl methyl sites for hydroxylation is 2. The first-order valence-electron chi connectivity index (χ1n) is 10.7. The fourth-order valence-electron chi connectivity index (χ4n) is 3.84. The highest BCUT2D eigenvalue weighted by Crippen LogP contribution is 2.25. The van der Waals surface area contributed by atoms with E-state index in [0.717, 1.165) is 59.2 Å². The van der Waals surface area contributed by atoms with Gasteiger partial charge in [0.15, 0.2) is 5.16 Å². The van der Waals surface area contributed by atoms with E-state index in [1.54, 1.807) is 11.8 Å². The van der Waals surface area contributed by atoms with Crippen molar-refractivity contribution in [3.05, 3.63) is 53.6 Å². The van der Waals surface area contributed by atoms with Gasteiger partial charge in [-0.2, -0.15) is 0 Å². The van der Waals surface area contributed by atoms with Crippen molar-refractivity contribution in [2.24, 2.45) is 0 Å². The number of rotatable bonds is 7. The van der Waals surface area contributed by atoms with Crippen molar-refractivity contribution in [2.45, 2.75) is 44.8 Å². The lowest BCUT2D eigenvalue weighted by molar-refractivity contribution is -0.132. The SMILES string of the molecule is Cc1ccc(C)c(OCCSc2nc3ccccc3n2CC(=O)N2CCCCC2)c1. The molecule has 6 heteroatoms. The molecule has 0 radical (unpaired) electrons. The summed E-state index contributed by atoms with van der Waals surface area (Å²) in [6.45, 7) is 6.82. The third-order valence-corrected chi connectivity index (χ3v) is 6.48. The number of para-hydroxylation sites is 2. The first-order valence-corrected chi connectivity index (χ1v) is 11.7. The van der Waals surface area contributed by atoms with Crippen molar-refractivity contribution in [1.29, 1.82) is 0 Å². The van der Waals surface area contributed by atoms with Crippen LogP contribution in [0.5, 0.6) is 5.75 Å². The van der Waals surface area contributed by atoms with Gasteiger partial charge in [0.1, 0.15) is 12.3 Å². The molecule has 5 nitrogen and oxygen atoms in total. The zero-order chi connectivity index (χ0) is 20.9. The number of carbonyl (C=O) groups is 1. The van der Waals surface area contributed by atoms with Crippen LogP contribution in [0.3, 0.4) is 0 Å². The van der Waals surface area contributed by atoms with Gasteiger partial charge in [0.05, 0.1) is 17.6 Å². The Morgan fingerprint density at radius 3 is 2.73 bits per heavy atom. The van der Waals surface area contributed by atoms with Crippen molar-refractivity contribution < 1.29 is 9.53 Å². The van der Waals surface area contributed by atoms with Gasteiger partial charge in [-0.05, 0) is 62.4 Å². The number of likely N-dealkylation sites (tertiary alicyclic amines) is 1. The zero-order valence-electron chi connectivity index (χ0n) is 17.8. The van der Waals surface area contributed by atoms with E-state index in [4.69, 9.17) is 9.72 Å². The lowest BCUT2D eigenvalue weighted by Crippen LogP contribution is -2.37. The predicted molar refractivity (Wildman–Crippen MR) is 122 cm³/mol. The second-order valence-corrected chi connectivity index (χ2v) is 8.94. The molecule has 3 aromatic rings. The molecule has 1 aromatic heterocycles. The minimum atomic E-state index is 0.186. The fraction of sp³-hybridized carbons (Fsp3) is 0.417. The van der Waals surface area contributed by atoms with Crippen LogP contribution in [0.15, 0.2) is 47.6 Å². The average Bonchev–Trinajstić information content (AvgIpc) is 3.11. The maximum absolute atomic E-state index is 12.9. The second-order valence-electron chi connectivity index (χ2n) is 7.88. The predicted octanol–water partition coefficient (Wildman–Crippen LogP) is 4.84. The van der Waals surface area contributed by atoms with Crippen molar-refractivity contribution in [3.63, 3.8) is 0 Å². The topological polar surface area (TPSA) is 47.4 Å². The number of thioether (sulfide) groups is 1. The van der Waals surface area contributed by atoms with E-state index in [0.29, 0.717) is 13.2 Å². The maximum Gasteiger partial charge on any atom is 0.242 e. The molecule has 0 spiro atoms. The largest absolute Gasteiger partial charge is 0.492 e. The third kappa shape index (κ3) is 4.81. The fourth-order valence-corrected chi connectivity index (χ4v) is 4.67. The van der Waals surface area contributed by atoms with Gasteiger partial charge in [0, 0.05) is 18.8 Å². The highest BCUT2D eigenvalue weighted by molar-refractivity contribution is 7.99. The minimum absolute atomic E-state index is 0.186.